The van der Waals surface area contributed by atoms with Crippen molar-refractivity contribution in [3.63, 3.8) is 0 Å². The number of pyridine rings is 1. The molecule has 1 heterocycles. The minimum Gasteiger partial charge on any atom is -0.352 e. The van der Waals surface area contributed by atoms with Gasteiger partial charge in [-0.2, -0.15) is 18.4 Å². The van der Waals surface area contributed by atoms with E-state index in [1.807, 2.05) is 13.0 Å². The Morgan fingerprint density at radius 3 is 2.42 bits per heavy atom. The summed E-state index contributed by atoms with van der Waals surface area (Å²) < 4.78 is 41.6. The summed E-state index contributed by atoms with van der Waals surface area (Å²) in [6, 6.07) is 13.0. The van der Waals surface area contributed by atoms with Gasteiger partial charge in [0.2, 0.25) is 5.43 Å². The van der Waals surface area contributed by atoms with Crippen LogP contribution >= 0.6 is 0 Å². The van der Waals surface area contributed by atoms with Crippen molar-refractivity contribution < 1.29 is 18.0 Å². The van der Waals surface area contributed by atoms with Gasteiger partial charge in [0.1, 0.15) is 5.56 Å². The van der Waals surface area contributed by atoms with Gasteiger partial charge in [-0.1, -0.05) is 24.3 Å². The number of nitrogens with one attached hydrogen (secondary N) is 1. The number of carbonyl (C=O) groups excluding carboxylic acids is 1. The molecule has 2 aromatic carbocycles. The van der Waals surface area contributed by atoms with Gasteiger partial charge >= 0.3 is 6.18 Å². The topological polar surface area (TPSA) is 74.9 Å². The second-order valence-electron chi connectivity index (χ2n) is 7.59. The molecule has 1 amide bonds. The molecule has 0 saturated heterocycles. The number of rotatable bonds is 5. The van der Waals surface area contributed by atoms with Crippen LogP contribution in [-0.4, -0.2) is 17.0 Å². The highest BCUT2D eigenvalue weighted by Gasteiger charge is 2.31. The van der Waals surface area contributed by atoms with E-state index in [2.05, 4.69) is 5.32 Å². The third-order valence-corrected chi connectivity index (χ3v) is 5.49. The number of hydrogen-bond acceptors (Lipinski definition) is 3. The van der Waals surface area contributed by atoms with E-state index in [-0.39, 0.29) is 29.3 Å². The lowest BCUT2D eigenvalue weighted by Crippen LogP contribution is -2.31. The predicted molar refractivity (Wildman–Crippen MR) is 119 cm³/mol. The number of alkyl halides is 3. The number of nitrogens with zero attached hydrogens (tertiary/aromatic N) is 2. The smallest absolute Gasteiger partial charge is 0.352 e. The minimum atomic E-state index is -4.57. The third kappa shape index (κ3) is 4.82. The van der Waals surface area contributed by atoms with Gasteiger partial charge in [0, 0.05) is 24.0 Å². The number of benzene rings is 2. The Balaban J connectivity index is 2.27. The standard InChI is InChI=1S/C25H22F3N3O2/c1-4-30-24(33)21-14-31(15(2)18-10-8-17(13-29)9-11-18)16(3)22(23(21)32)19-6-5-7-20(12-19)25(26,27)28/h5-12,14-15H,4H2,1-3H3,(H,30,33). The summed E-state index contributed by atoms with van der Waals surface area (Å²) in [6.07, 6.45) is -3.14. The first-order chi connectivity index (χ1) is 15.6. The van der Waals surface area contributed by atoms with Gasteiger partial charge in [-0.25, -0.2) is 0 Å². The molecule has 0 saturated carbocycles. The first-order valence-electron chi connectivity index (χ1n) is 10.3. The molecule has 1 atom stereocenters. The molecular weight excluding hydrogens is 431 g/mol. The number of nitriles is 1. The van der Waals surface area contributed by atoms with E-state index in [1.165, 1.54) is 18.3 Å². The van der Waals surface area contributed by atoms with Crippen molar-refractivity contribution in [2.75, 3.05) is 6.54 Å². The van der Waals surface area contributed by atoms with Gasteiger partial charge in [0.15, 0.2) is 0 Å². The summed E-state index contributed by atoms with van der Waals surface area (Å²) in [5, 5.41) is 11.6. The van der Waals surface area contributed by atoms with Crippen LogP contribution in [0.2, 0.25) is 0 Å². The van der Waals surface area contributed by atoms with E-state index >= 15 is 0 Å². The van der Waals surface area contributed by atoms with Crippen LogP contribution in [-0.2, 0) is 6.18 Å². The van der Waals surface area contributed by atoms with Crippen LogP contribution in [0.25, 0.3) is 11.1 Å². The van der Waals surface area contributed by atoms with Crippen LogP contribution in [0.3, 0.4) is 0 Å². The number of amides is 1. The van der Waals surface area contributed by atoms with Gasteiger partial charge in [0.25, 0.3) is 5.91 Å². The molecule has 0 aliphatic heterocycles. The van der Waals surface area contributed by atoms with Gasteiger partial charge in [-0.15, -0.1) is 0 Å². The molecule has 3 rings (SSSR count). The Labute approximate surface area is 189 Å². The fourth-order valence-corrected chi connectivity index (χ4v) is 3.73. The Kier molecular flexibility index (Phi) is 6.73. The average Bonchev–Trinajstić information content (AvgIpc) is 2.78. The fraction of sp³-hybridized carbons (Fsp3) is 0.240. The molecule has 8 heteroatoms. The number of carbonyl (C=O) groups is 1. The summed E-state index contributed by atoms with van der Waals surface area (Å²) in [5.41, 5.74) is 0.145. The van der Waals surface area contributed by atoms with E-state index < -0.39 is 23.1 Å². The van der Waals surface area contributed by atoms with Crippen molar-refractivity contribution in [3.8, 4) is 17.2 Å². The number of hydrogen-bond donors (Lipinski definition) is 1. The molecule has 33 heavy (non-hydrogen) atoms. The Morgan fingerprint density at radius 1 is 1.18 bits per heavy atom. The SMILES string of the molecule is CCNC(=O)c1cn(C(C)c2ccc(C#N)cc2)c(C)c(-c2cccc(C(F)(F)F)c2)c1=O. The van der Waals surface area contributed by atoms with Crippen LogP contribution in [0.15, 0.2) is 59.5 Å². The zero-order valence-corrected chi connectivity index (χ0v) is 18.3. The largest absolute Gasteiger partial charge is 0.416 e. The Hall–Kier alpha value is -3.86. The van der Waals surface area contributed by atoms with Gasteiger partial charge in [-0.05, 0) is 56.2 Å². The third-order valence-electron chi connectivity index (χ3n) is 5.49. The molecule has 0 bridgehead atoms. The highest BCUT2D eigenvalue weighted by atomic mass is 19.4. The van der Waals surface area contributed by atoms with Crippen molar-refractivity contribution in [3.05, 3.63) is 92.9 Å². The van der Waals surface area contributed by atoms with Crippen molar-refractivity contribution in [1.29, 1.82) is 5.26 Å². The van der Waals surface area contributed by atoms with Crippen LogP contribution in [0.1, 0.15) is 52.6 Å². The molecule has 0 radical (unpaired) electrons. The van der Waals surface area contributed by atoms with E-state index in [4.69, 9.17) is 5.26 Å². The second kappa shape index (κ2) is 9.33. The second-order valence-corrected chi connectivity index (χ2v) is 7.59. The first-order valence-corrected chi connectivity index (χ1v) is 10.3. The molecule has 1 aromatic heterocycles. The van der Waals surface area contributed by atoms with Gasteiger partial charge < -0.3 is 9.88 Å². The van der Waals surface area contributed by atoms with E-state index in [0.717, 1.165) is 17.7 Å². The maximum atomic E-state index is 13.3. The Morgan fingerprint density at radius 2 is 1.85 bits per heavy atom. The minimum absolute atomic E-state index is 0.0327. The van der Waals surface area contributed by atoms with E-state index in [1.54, 1.807) is 42.7 Å². The normalized spacial score (nSPS) is 12.2. The predicted octanol–water partition coefficient (Wildman–Crippen LogP) is 5.07. The van der Waals surface area contributed by atoms with Gasteiger partial charge in [0.05, 0.1) is 23.2 Å². The zero-order chi connectivity index (χ0) is 24.3. The molecular formula is C25H22F3N3O2. The zero-order valence-electron chi connectivity index (χ0n) is 18.3. The maximum Gasteiger partial charge on any atom is 0.416 e. The molecule has 1 unspecified atom stereocenters. The Bertz CT molecular complexity index is 1290. The van der Waals surface area contributed by atoms with Crippen molar-refractivity contribution >= 4 is 5.91 Å². The quantitative estimate of drug-likeness (QED) is 0.586. The summed E-state index contributed by atoms with van der Waals surface area (Å²) >= 11 is 0. The molecule has 0 fully saturated rings. The van der Waals surface area contributed by atoms with E-state index in [0.29, 0.717) is 11.3 Å². The molecule has 5 nitrogen and oxygen atoms in total. The molecule has 170 valence electrons. The first kappa shape index (κ1) is 23.8. The average molecular weight is 453 g/mol. The van der Waals surface area contributed by atoms with Crippen LogP contribution in [0.4, 0.5) is 13.2 Å². The monoisotopic (exact) mass is 453 g/mol. The number of aromatic nitrogens is 1. The van der Waals surface area contributed by atoms with Crippen LogP contribution < -0.4 is 10.7 Å². The lowest BCUT2D eigenvalue weighted by Gasteiger charge is -2.23. The van der Waals surface area contributed by atoms with Crippen LogP contribution in [0.5, 0.6) is 0 Å². The summed E-state index contributed by atoms with van der Waals surface area (Å²) in [4.78, 5) is 25.9. The summed E-state index contributed by atoms with van der Waals surface area (Å²) in [6.45, 7) is 5.48. The van der Waals surface area contributed by atoms with E-state index in [9.17, 15) is 22.8 Å². The van der Waals surface area contributed by atoms with Crippen molar-refractivity contribution in [2.45, 2.75) is 33.0 Å². The molecule has 0 aliphatic carbocycles. The molecule has 1 N–H and O–H groups in total. The molecule has 0 spiro atoms. The lowest BCUT2D eigenvalue weighted by atomic mass is 9.97. The molecule has 0 aliphatic rings. The van der Waals surface area contributed by atoms with Crippen molar-refractivity contribution in [2.24, 2.45) is 0 Å². The lowest BCUT2D eigenvalue weighted by molar-refractivity contribution is -0.137. The van der Waals surface area contributed by atoms with Gasteiger partial charge in [-0.3, -0.25) is 9.59 Å². The maximum absolute atomic E-state index is 13.3. The van der Waals surface area contributed by atoms with Crippen LogP contribution in [0, 0.1) is 18.3 Å². The highest BCUT2D eigenvalue weighted by molar-refractivity contribution is 5.95. The van der Waals surface area contributed by atoms with Crippen molar-refractivity contribution in [1.82, 2.24) is 9.88 Å². The summed E-state index contributed by atoms with van der Waals surface area (Å²) in [7, 11) is 0. The highest BCUT2D eigenvalue weighted by Crippen LogP contribution is 2.33. The number of halogens is 3. The summed E-state index contributed by atoms with van der Waals surface area (Å²) in [5.74, 6) is -0.600. The molecule has 3 aromatic rings. The fourth-order valence-electron chi connectivity index (χ4n) is 3.73.